The molecular formula is C10H14FNOS. The number of nitrogens with two attached hydrogens (primary N) is 1. The Labute approximate surface area is 87.3 Å². The van der Waals surface area contributed by atoms with Gasteiger partial charge in [0.25, 0.3) is 0 Å². The van der Waals surface area contributed by atoms with Gasteiger partial charge in [-0.05, 0) is 29.9 Å². The summed E-state index contributed by atoms with van der Waals surface area (Å²) in [6, 6.07) is 4.74. The van der Waals surface area contributed by atoms with E-state index in [0.717, 1.165) is 12.2 Å². The van der Waals surface area contributed by atoms with E-state index in [-0.39, 0.29) is 12.4 Å². The van der Waals surface area contributed by atoms with Gasteiger partial charge in [-0.1, -0.05) is 6.07 Å². The summed E-state index contributed by atoms with van der Waals surface area (Å²) in [4.78, 5) is 0. The number of aliphatic hydroxyl groups excluding tert-OH is 1. The summed E-state index contributed by atoms with van der Waals surface area (Å²) in [5.41, 5.74) is 6.54. The highest BCUT2D eigenvalue weighted by molar-refractivity contribution is 7.98. The Bertz CT molecular complexity index is 293. The van der Waals surface area contributed by atoms with Crippen LogP contribution in [0.5, 0.6) is 0 Å². The minimum Gasteiger partial charge on any atom is -0.399 e. The Morgan fingerprint density at radius 1 is 1.43 bits per heavy atom. The van der Waals surface area contributed by atoms with Crippen molar-refractivity contribution in [3.63, 3.8) is 0 Å². The third kappa shape index (κ3) is 3.55. The number of nitrogen functional groups attached to an aromatic ring is 1. The predicted octanol–water partition coefficient (Wildman–Crippen LogP) is 2.02. The lowest BCUT2D eigenvalue weighted by Crippen LogP contribution is -1.93. The van der Waals surface area contributed by atoms with Crippen LogP contribution >= 0.6 is 11.8 Å². The van der Waals surface area contributed by atoms with E-state index in [2.05, 4.69) is 0 Å². The first-order chi connectivity index (χ1) is 6.74. The van der Waals surface area contributed by atoms with Crippen molar-refractivity contribution in [3.05, 3.63) is 29.6 Å². The number of thioether (sulfide) groups is 1. The van der Waals surface area contributed by atoms with Gasteiger partial charge in [0.2, 0.25) is 0 Å². The molecule has 0 aliphatic rings. The van der Waals surface area contributed by atoms with E-state index in [9.17, 15) is 4.39 Å². The smallest absolute Gasteiger partial charge is 0.129 e. The fraction of sp³-hybridized carbons (Fsp3) is 0.400. The normalized spacial score (nSPS) is 10.4. The van der Waals surface area contributed by atoms with Crippen LogP contribution in [0.2, 0.25) is 0 Å². The van der Waals surface area contributed by atoms with Crippen LogP contribution in [0.15, 0.2) is 18.2 Å². The minimum atomic E-state index is -0.249. The molecule has 4 heteroatoms. The molecule has 0 spiro atoms. The van der Waals surface area contributed by atoms with Crippen molar-refractivity contribution in [3.8, 4) is 0 Å². The van der Waals surface area contributed by atoms with Crippen LogP contribution in [-0.4, -0.2) is 17.5 Å². The lowest BCUT2D eigenvalue weighted by Gasteiger charge is -2.03. The molecule has 78 valence electrons. The van der Waals surface area contributed by atoms with Crippen LogP contribution in [0, 0.1) is 5.82 Å². The van der Waals surface area contributed by atoms with Gasteiger partial charge in [0.15, 0.2) is 0 Å². The van der Waals surface area contributed by atoms with Crippen molar-refractivity contribution < 1.29 is 9.50 Å². The van der Waals surface area contributed by atoms with Crippen LogP contribution in [0.1, 0.15) is 12.0 Å². The zero-order chi connectivity index (χ0) is 10.4. The number of anilines is 1. The highest BCUT2D eigenvalue weighted by Gasteiger charge is 2.01. The van der Waals surface area contributed by atoms with Crippen LogP contribution in [0.4, 0.5) is 10.1 Å². The summed E-state index contributed by atoms with van der Waals surface area (Å²) >= 11 is 1.61. The highest BCUT2D eigenvalue weighted by Crippen LogP contribution is 2.18. The summed E-state index contributed by atoms with van der Waals surface area (Å²) in [6.45, 7) is 0.192. The first kappa shape index (κ1) is 11.3. The van der Waals surface area contributed by atoms with Gasteiger partial charge < -0.3 is 10.8 Å². The summed E-state index contributed by atoms with van der Waals surface area (Å²) in [6.07, 6.45) is 0.751. The second kappa shape index (κ2) is 5.88. The van der Waals surface area contributed by atoms with E-state index in [1.165, 1.54) is 6.07 Å². The number of hydrogen-bond donors (Lipinski definition) is 2. The SMILES string of the molecule is Nc1ccc(CSCCCO)c(F)c1. The second-order valence-electron chi connectivity index (χ2n) is 2.98. The van der Waals surface area contributed by atoms with E-state index in [1.54, 1.807) is 23.9 Å². The lowest BCUT2D eigenvalue weighted by molar-refractivity contribution is 0.296. The molecule has 0 aliphatic heterocycles. The van der Waals surface area contributed by atoms with Gasteiger partial charge in [0.1, 0.15) is 5.82 Å². The average Bonchev–Trinajstić information content (AvgIpc) is 2.15. The van der Waals surface area contributed by atoms with Crippen LogP contribution in [0.25, 0.3) is 0 Å². The summed E-state index contributed by atoms with van der Waals surface area (Å²) in [5.74, 6) is 1.23. The van der Waals surface area contributed by atoms with E-state index in [0.29, 0.717) is 17.0 Å². The molecule has 1 aromatic rings. The van der Waals surface area contributed by atoms with Gasteiger partial charge in [-0.3, -0.25) is 0 Å². The fourth-order valence-electron chi connectivity index (χ4n) is 1.03. The molecule has 3 N–H and O–H groups in total. The van der Waals surface area contributed by atoms with Gasteiger partial charge in [-0.15, -0.1) is 0 Å². The van der Waals surface area contributed by atoms with Crippen molar-refractivity contribution in [2.24, 2.45) is 0 Å². The molecule has 1 rings (SSSR count). The molecule has 0 heterocycles. The van der Waals surface area contributed by atoms with E-state index >= 15 is 0 Å². The van der Waals surface area contributed by atoms with Gasteiger partial charge in [0.05, 0.1) is 0 Å². The van der Waals surface area contributed by atoms with Gasteiger partial charge >= 0.3 is 0 Å². The van der Waals surface area contributed by atoms with E-state index in [1.807, 2.05) is 0 Å². The highest BCUT2D eigenvalue weighted by atomic mass is 32.2. The largest absolute Gasteiger partial charge is 0.399 e. The number of rotatable bonds is 5. The summed E-state index contributed by atoms with van der Waals surface area (Å²) in [5, 5.41) is 8.55. The third-order valence-corrected chi connectivity index (χ3v) is 2.87. The quantitative estimate of drug-likeness (QED) is 0.583. The number of aliphatic hydroxyl groups is 1. The molecule has 0 fully saturated rings. The number of halogens is 1. The fourth-order valence-corrected chi connectivity index (χ4v) is 1.96. The molecule has 0 aliphatic carbocycles. The van der Waals surface area contributed by atoms with Gasteiger partial charge in [-0.25, -0.2) is 4.39 Å². The molecule has 1 aromatic carbocycles. The Morgan fingerprint density at radius 3 is 2.86 bits per heavy atom. The summed E-state index contributed by atoms with van der Waals surface area (Å²) < 4.78 is 13.2. The maximum Gasteiger partial charge on any atom is 0.129 e. The van der Waals surface area contributed by atoms with Crippen molar-refractivity contribution >= 4 is 17.4 Å². The van der Waals surface area contributed by atoms with Crippen LogP contribution in [-0.2, 0) is 5.75 Å². The molecule has 0 radical (unpaired) electrons. The molecule has 0 bridgehead atoms. The maximum absolute atomic E-state index is 13.2. The Balaban J connectivity index is 2.42. The zero-order valence-corrected chi connectivity index (χ0v) is 8.69. The topological polar surface area (TPSA) is 46.2 Å². The van der Waals surface area contributed by atoms with Crippen molar-refractivity contribution in [2.75, 3.05) is 18.1 Å². The number of hydrogen-bond acceptors (Lipinski definition) is 3. The molecule has 0 aromatic heterocycles. The third-order valence-electron chi connectivity index (χ3n) is 1.78. The number of benzene rings is 1. The molecule has 0 saturated heterocycles. The van der Waals surface area contributed by atoms with Crippen molar-refractivity contribution in [2.45, 2.75) is 12.2 Å². The lowest BCUT2D eigenvalue weighted by atomic mass is 10.2. The maximum atomic E-state index is 13.2. The first-order valence-electron chi connectivity index (χ1n) is 4.46. The standard InChI is InChI=1S/C10H14FNOS/c11-10-6-9(12)3-2-8(10)7-14-5-1-4-13/h2-3,6,13H,1,4-5,7,12H2. The first-order valence-corrected chi connectivity index (χ1v) is 5.62. The van der Waals surface area contributed by atoms with Crippen LogP contribution in [0.3, 0.4) is 0 Å². The predicted molar refractivity (Wildman–Crippen MR) is 58.7 cm³/mol. The summed E-state index contributed by atoms with van der Waals surface area (Å²) in [7, 11) is 0. The van der Waals surface area contributed by atoms with Gasteiger partial charge in [0, 0.05) is 18.0 Å². The molecule has 0 atom stereocenters. The Morgan fingerprint density at radius 2 is 2.21 bits per heavy atom. The minimum absolute atomic E-state index is 0.192. The Hall–Kier alpha value is -0.740. The zero-order valence-electron chi connectivity index (χ0n) is 7.87. The molecule has 0 saturated carbocycles. The van der Waals surface area contributed by atoms with Gasteiger partial charge in [-0.2, -0.15) is 11.8 Å². The molecule has 14 heavy (non-hydrogen) atoms. The molecule has 2 nitrogen and oxygen atoms in total. The molecule has 0 amide bonds. The Kier molecular flexibility index (Phi) is 4.76. The second-order valence-corrected chi connectivity index (χ2v) is 4.09. The van der Waals surface area contributed by atoms with E-state index < -0.39 is 0 Å². The molecule has 0 unspecified atom stereocenters. The van der Waals surface area contributed by atoms with E-state index in [4.69, 9.17) is 10.8 Å². The van der Waals surface area contributed by atoms with Crippen molar-refractivity contribution in [1.29, 1.82) is 0 Å². The average molecular weight is 215 g/mol. The monoisotopic (exact) mass is 215 g/mol. The van der Waals surface area contributed by atoms with Crippen LogP contribution < -0.4 is 5.73 Å². The molecular weight excluding hydrogens is 201 g/mol. The van der Waals surface area contributed by atoms with Crippen molar-refractivity contribution in [1.82, 2.24) is 0 Å².